The molecule has 31 heavy (non-hydrogen) atoms. The van der Waals surface area contributed by atoms with Gasteiger partial charge in [0.05, 0.1) is 12.1 Å². The van der Waals surface area contributed by atoms with Crippen molar-refractivity contribution in [2.45, 2.75) is 19.6 Å². The lowest BCUT2D eigenvalue weighted by molar-refractivity contribution is -0.121. The van der Waals surface area contributed by atoms with Gasteiger partial charge in [0.1, 0.15) is 22.9 Å². The fourth-order valence-corrected chi connectivity index (χ4v) is 4.04. The van der Waals surface area contributed by atoms with E-state index in [1.807, 2.05) is 0 Å². The first kappa shape index (κ1) is 20.7. The number of hydrogen-bond acceptors (Lipinski definition) is 4. The third-order valence-corrected chi connectivity index (χ3v) is 5.69. The summed E-state index contributed by atoms with van der Waals surface area (Å²) in [5.74, 6) is -1.21. The van der Waals surface area contributed by atoms with Crippen LogP contribution in [0.5, 0.6) is 0 Å². The molecule has 4 aromatic rings. The second-order valence-electron chi connectivity index (χ2n) is 6.92. The van der Waals surface area contributed by atoms with Crippen LogP contribution in [0.25, 0.3) is 10.2 Å². The van der Waals surface area contributed by atoms with E-state index in [9.17, 15) is 23.2 Å². The van der Waals surface area contributed by atoms with Crippen LogP contribution in [-0.4, -0.2) is 15.0 Å². The molecule has 0 bridgehead atoms. The first-order valence-electron chi connectivity index (χ1n) is 9.39. The van der Waals surface area contributed by atoms with Crippen molar-refractivity contribution in [3.05, 3.63) is 104 Å². The number of nitrogens with one attached hydrogen (secondary N) is 1. The summed E-state index contributed by atoms with van der Waals surface area (Å²) < 4.78 is 28.8. The predicted octanol–water partition coefficient (Wildman–Crippen LogP) is 2.87. The van der Waals surface area contributed by atoms with Gasteiger partial charge in [-0.2, -0.15) is 0 Å². The molecule has 2 aromatic carbocycles. The van der Waals surface area contributed by atoms with Crippen molar-refractivity contribution in [3.63, 3.8) is 0 Å². The van der Waals surface area contributed by atoms with Gasteiger partial charge in [0.25, 0.3) is 5.56 Å². The smallest absolute Gasteiger partial charge is 0.332 e. The summed E-state index contributed by atoms with van der Waals surface area (Å²) in [4.78, 5) is 38.4. The Morgan fingerprint density at radius 2 is 1.48 bits per heavy atom. The number of carbonyl (C=O) groups is 1. The normalized spacial score (nSPS) is 11.0. The summed E-state index contributed by atoms with van der Waals surface area (Å²) in [6.45, 7) is -0.143. The van der Waals surface area contributed by atoms with Crippen LogP contribution >= 0.6 is 11.3 Å². The van der Waals surface area contributed by atoms with Gasteiger partial charge in [0.15, 0.2) is 0 Å². The number of rotatable bonds is 6. The first-order valence-corrected chi connectivity index (χ1v) is 10.3. The van der Waals surface area contributed by atoms with E-state index in [1.54, 1.807) is 23.6 Å². The maximum Gasteiger partial charge on any atom is 0.332 e. The fraction of sp³-hybridized carbons (Fsp3) is 0.136. The van der Waals surface area contributed by atoms with Crippen molar-refractivity contribution in [3.8, 4) is 0 Å². The molecule has 0 saturated heterocycles. The molecule has 0 fully saturated rings. The summed E-state index contributed by atoms with van der Waals surface area (Å²) in [6, 6.07) is 12.8. The van der Waals surface area contributed by atoms with Gasteiger partial charge in [-0.15, -0.1) is 11.3 Å². The van der Waals surface area contributed by atoms with Crippen LogP contribution in [0.2, 0.25) is 0 Å². The van der Waals surface area contributed by atoms with Crippen LogP contribution in [0, 0.1) is 11.6 Å². The quantitative estimate of drug-likeness (QED) is 0.500. The topological polar surface area (TPSA) is 73.1 Å². The second kappa shape index (κ2) is 8.65. The Morgan fingerprint density at radius 1 is 0.871 bits per heavy atom. The molecule has 0 unspecified atom stereocenters. The van der Waals surface area contributed by atoms with E-state index < -0.39 is 23.0 Å². The van der Waals surface area contributed by atoms with Crippen LogP contribution in [-0.2, 0) is 24.4 Å². The number of amides is 1. The van der Waals surface area contributed by atoms with Crippen LogP contribution < -0.4 is 16.6 Å². The summed E-state index contributed by atoms with van der Waals surface area (Å²) in [5.41, 5.74) is 0.597. The Labute approximate surface area is 179 Å². The molecule has 9 heteroatoms. The summed E-state index contributed by atoms with van der Waals surface area (Å²) in [7, 11) is 0. The zero-order valence-electron chi connectivity index (χ0n) is 16.2. The molecule has 0 saturated carbocycles. The van der Waals surface area contributed by atoms with Crippen molar-refractivity contribution < 1.29 is 13.6 Å². The molecule has 158 valence electrons. The second-order valence-corrected chi connectivity index (χ2v) is 7.84. The van der Waals surface area contributed by atoms with E-state index in [1.165, 1.54) is 52.3 Å². The Kier molecular flexibility index (Phi) is 5.77. The number of hydrogen-bond donors (Lipinski definition) is 1. The largest absolute Gasteiger partial charge is 0.350 e. The van der Waals surface area contributed by atoms with E-state index in [2.05, 4.69) is 5.32 Å². The number of benzene rings is 2. The SMILES string of the molecule is O=C(Cn1c(=O)n(Cc2ccc(F)cc2)c(=O)c2sccc21)NCc1ccc(F)cc1. The zero-order chi connectivity index (χ0) is 22.0. The molecule has 1 amide bonds. The molecule has 0 aliphatic carbocycles. The van der Waals surface area contributed by atoms with Crippen molar-refractivity contribution in [1.29, 1.82) is 0 Å². The minimum absolute atomic E-state index is 0.0387. The van der Waals surface area contributed by atoms with Gasteiger partial charge in [-0.3, -0.25) is 18.7 Å². The number of fused-ring (bicyclic) bond motifs is 1. The van der Waals surface area contributed by atoms with Gasteiger partial charge in [0, 0.05) is 6.54 Å². The van der Waals surface area contributed by atoms with Crippen LogP contribution in [0.3, 0.4) is 0 Å². The number of halogens is 2. The Bertz CT molecular complexity index is 1360. The van der Waals surface area contributed by atoms with E-state index in [4.69, 9.17) is 0 Å². The average Bonchev–Trinajstić information content (AvgIpc) is 3.25. The highest BCUT2D eigenvalue weighted by molar-refractivity contribution is 7.17. The van der Waals surface area contributed by atoms with Crippen molar-refractivity contribution in [2.24, 2.45) is 0 Å². The highest BCUT2D eigenvalue weighted by atomic mass is 32.1. The Morgan fingerprint density at radius 3 is 2.13 bits per heavy atom. The van der Waals surface area contributed by atoms with Gasteiger partial charge in [0.2, 0.25) is 5.91 Å². The third-order valence-electron chi connectivity index (χ3n) is 4.80. The van der Waals surface area contributed by atoms with Crippen LogP contribution in [0.4, 0.5) is 8.78 Å². The maximum atomic E-state index is 13.2. The fourth-order valence-electron chi connectivity index (χ4n) is 3.20. The molecule has 2 aromatic heterocycles. The van der Waals surface area contributed by atoms with Crippen LogP contribution in [0.1, 0.15) is 11.1 Å². The average molecular weight is 441 g/mol. The molecule has 0 aliphatic heterocycles. The van der Waals surface area contributed by atoms with Crippen molar-refractivity contribution >= 4 is 27.5 Å². The van der Waals surface area contributed by atoms with E-state index in [0.29, 0.717) is 21.3 Å². The molecule has 0 atom stereocenters. The first-order chi connectivity index (χ1) is 14.9. The van der Waals surface area contributed by atoms with E-state index in [-0.39, 0.29) is 25.5 Å². The van der Waals surface area contributed by atoms with Crippen molar-refractivity contribution in [2.75, 3.05) is 0 Å². The summed E-state index contributed by atoms with van der Waals surface area (Å²) in [5, 5.41) is 4.38. The predicted molar refractivity (Wildman–Crippen MR) is 114 cm³/mol. The van der Waals surface area contributed by atoms with Gasteiger partial charge in [-0.1, -0.05) is 24.3 Å². The number of aromatic nitrogens is 2. The molecule has 1 N–H and O–H groups in total. The maximum absolute atomic E-state index is 13.2. The van der Waals surface area contributed by atoms with Crippen molar-refractivity contribution in [1.82, 2.24) is 14.5 Å². The lowest BCUT2D eigenvalue weighted by atomic mass is 10.2. The molecule has 0 aliphatic rings. The Hall–Kier alpha value is -3.59. The molecule has 0 radical (unpaired) electrons. The molecule has 2 heterocycles. The number of carbonyl (C=O) groups excluding carboxylic acids is 1. The van der Waals surface area contributed by atoms with Gasteiger partial charge in [-0.05, 0) is 46.8 Å². The summed E-state index contributed by atoms with van der Waals surface area (Å²) in [6.07, 6.45) is 0. The van der Waals surface area contributed by atoms with Gasteiger partial charge >= 0.3 is 5.69 Å². The van der Waals surface area contributed by atoms with E-state index >= 15 is 0 Å². The monoisotopic (exact) mass is 441 g/mol. The molecule has 6 nitrogen and oxygen atoms in total. The third kappa shape index (κ3) is 4.46. The molecule has 4 rings (SSSR count). The Balaban J connectivity index is 1.62. The lowest BCUT2D eigenvalue weighted by Gasteiger charge is -2.12. The zero-order valence-corrected chi connectivity index (χ0v) is 17.0. The molecular weight excluding hydrogens is 424 g/mol. The minimum atomic E-state index is -0.628. The number of thiophene rings is 1. The molecular formula is C22H17F2N3O3S. The van der Waals surface area contributed by atoms with Gasteiger partial charge < -0.3 is 5.32 Å². The minimum Gasteiger partial charge on any atom is -0.350 e. The highest BCUT2D eigenvalue weighted by Gasteiger charge is 2.16. The van der Waals surface area contributed by atoms with Gasteiger partial charge in [-0.25, -0.2) is 13.6 Å². The lowest BCUT2D eigenvalue weighted by Crippen LogP contribution is -2.42. The van der Waals surface area contributed by atoms with E-state index in [0.717, 1.165) is 4.57 Å². The highest BCUT2D eigenvalue weighted by Crippen LogP contribution is 2.15. The summed E-state index contributed by atoms with van der Waals surface area (Å²) >= 11 is 1.18. The number of nitrogens with zero attached hydrogens (tertiary/aromatic N) is 2. The standard InChI is InChI=1S/C22H17F2N3O3S/c23-16-5-1-14(2-6-16)11-25-19(28)13-26-18-9-10-31-20(18)21(29)27(22(26)30)12-15-3-7-17(24)8-4-15/h1-10H,11-13H2,(H,25,28). The van der Waals surface area contributed by atoms with Crippen LogP contribution in [0.15, 0.2) is 69.6 Å². The molecule has 0 spiro atoms.